The Morgan fingerprint density at radius 2 is 1.70 bits per heavy atom. The fourth-order valence-corrected chi connectivity index (χ4v) is 5.13. The second-order valence-corrected chi connectivity index (χ2v) is 9.08. The molecule has 0 radical (unpaired) electrons. The number of nitrogens with zero attached hydrogens (tertiary/aromatic N) is 1. The number of hydrogen-bond donors (Lipinski definition) is 0. The molecule has 3 nitrogen and oxygen atoms in total. The van der Waals surface area contributed by atoms with Crippen molar-refractivity contribution in [2.24, 2.45) is 5.92 Å². The number of methoxy groups -OCH3 is 2. The smallest absolute Gasteiger partial charge is 0.416 e. The Labute approximate surface area is 192 Å². The van der Waals surface area contributed by atoms with Gasteiger partial charge in [0.05, 0.1) is 19.8 Å². The van der Waals surface area contributed by atoms with Gasteiger partial charge in [0.2, 0.25) is 0 Å². The van der Waals surface area contributed by atoms with E-state index in [1.807, 2.05) is 17.0 Å². The van der Waals surface area contributed by atoms with E-state index >= 15 is 4.39 Å². The second-order valence-electron chi connectivity index (χ2n) is 9.08. The van der Waals surface area contributed by atoms with Gasteiger partial charge in [-0.25, -0.2) is 4.39 Å². The van der Waals surface area contributed by atoms with Gasteiger partial charge in [0.1, 0.15) is 5.67 Å². The maximum atomic E-state index is 15.8. The standard InChI is InChI=1S/C26H29F4NO2/c1-17-20(12-19-13-23(32-2)24(33-3)14-21(17)19)15-25(27)8-10-31(11-9-25)16-18-6-4-5-7-22(18)26(28,29)30/h4-7,13-14,20H,1,8-12,15-16H2,2-3H3. The van der Waals surface area contributed by atoms with Gasteiger partial charge in [-0.3, -0.25) is 4.90 Å². The van der Waals surface area contributed by atoms with Gasteiger partial charge < -0.3 is 9.47 Å². The van der Waals surface area contributed by atoms with Crippen LogP contribution in [0.25, 0.3) is 5.57 Å². The van der Waals surface area contributed by atoms with Gasteiger partial charge in [0, 0.05) is 19.6 Å². The van der Waals surface area contributed by atoms with Crippen molar-refractivity contribution < 1.29 is 27.0 Å². The highest BCUT2D eigenvalue weighted by Gasteiger charge is 2.40. The first-order valence-electron chi connectivity index (χ1n) is 11.1. The number of benzene rings is 2. The van der Waals surface area contributed by atoms with Gasteiger partial charge in [-0.05, 0) is 72.1 Å². The summed E-state index contributed by atoms with van der Waals surface area (Å²) in [6.45, 7) is 5.26. The molecule has 0 spiro atoms. The van der Waals surface area contributed by atoms with E-state index in [1.165, 1.54) is 12.1 Å². The molecule has 2 aromatic carbocycles. The minimum atomic E-state index is -4.39. The third-order valence-electron chi connectivity index (χ3n) is 7.00. The molecule has 0 N–H and O–H groups in total. The lowest BCUT2D eigenvalue weighted by Crippen LogP contribution is -2.42. The van der Waals surface area contributed by atoms with Crippen LogP contribution < -0.4 is 9.47 Å². The Morgan fingerprint density at radius 3 is 2.33 bits per heavy atom. The van der Waals surface area contributed by atoms with E-state index in [4.69, 9.17) is 9.47 Å². The number of fused-ring (bicyclic) bond motifs is 1. The summed E-state index contributed by atoms with van der Waals surface area (Å²) in [5.41, 5.74) is 1.23. The van der Waals surface area contributed by atoms with Gasteiger partial charge in [-0.2, -0.15) is 13.2 Å². The maximum Gasteiger partial charge on any atom is 0.416 e. The first kappa shape index (κ1) is 23.6. The highest BCUT2D eigenvalue weighted by atomic mass is 19.4. The Morgan fingerprint density at radius 1 is 1.06 bits per heavy atom. The van der Waals surface area contributed by atoms with E-state index in [-0.39, 0.29) is 18.0 Å². The molecule has 33 heavy (non-hydrogen) atoms. The summed E-state index contributed by atoms with van der Waals surface area (Å²) in [5, 5.41) is 0. The number of halogens is 4. The summed E-state index contributed by atoms with van der Waals surface area (Å²) >= 11 is 0. The molecule has 1 saturated heterocycles. The fourth-order valence-electron chi connectivity index (χ4n) is 5.13. The third-order valence-corrected chi connectivity index (χ3v) is 7.00. The van der Waals surface area contributed by atoms with Crippen LogP contribution >= 0.6 is 0 Å². The predicted octanol–water partition coefficient (Wildman–Crippen LogP) is 6.30. The molecule has 1 aliphatic heterocycles. The first-order valence-corrected chi connectivity index (χ1v) is 11.1. The average Bonchev–Trinajstić information content (AvgIpc) is 3.08. The summed E-state index contributed by atoms with van der Waals surface area (Å²) in [7, 11) is 3.17. The molecule has 1 atom stereocenters. The van der Waals surface area contributed by atoms with E-state index in [0.29, 0.717) is 50.3 Å². The number of hydrogen-bond acceptors (Lipinski definition) is 3. The zero-order valence-corrected chi connectivity index (χ0v) is 19.0. The van der Waals surface area contributed by atoms with E-state index in [9.17, 15) is 13.2 Å². The Kier molecular flexibility index (Phi) is 6.45. The van der Waals surface area contributed by atoms with Crippen LogP contribution in [0.5, 0.6) is 11.5 Å². The molecule has 0 bridgehead atoms. The number of piperidine rings is 1. The van der Waals surface area contributed by atoms with Crippen molar-refractivity contribution in [2.45, 2.75) is 44.1 Å². The maximum absolute atomic E-state index is 15.8. The fraction of sp³-hybridized carbons (Fsp3) is 0.462. The molecule has 1 fully saturated rings. The SMILES string of the molecule is C=C1c2cc(OC)c(OC)cc2CC1CC1(F)CCN(Cc2ccccc2C(F)(F)F)CC1. The molecular formula is C26H29F4NO2. The predicted molar refractivity (Wildman–Crippen MR) is 120 cm³/mol. The van der Waals surface area contributed by atoms with E-state index < -0.39 is 17.4 Å². The zero-order valence-electron chi connectivity index (χ0n) is 19.0. The Balaban J connectivity index is 1.39. The molecule has 2 aliphatic rings. The van der Waals surface area contributed by atoms with Crippen molar-refractivity contribution in [3.8, 4) is 11.5 Å². The summed E-state index contributed by atoms with van der Waals surface area (Å²) in [6.07, 6.45) is -2.73. The van der Waals surface area contributed by atoms with Gasteiger partial charge in [-0.1, -0.05) is 24.8 Å². The van der Waals surface area contributed by atoms with E-state index in [1.54, 1.807) is 20.3 Å². The number of allylic oxidation sites excluding steroid dienone is 1. The van der Waals surface area contributed by atoms with Crippen LogP contribution in [0.1, 0.15) is 41.5 Å². The summed E-state index contributed by atoms with van der Waals surface area (Å²) in [5.74, 6) is 1.26. The van der Waals surface area contributed by atoms with Gasteiger partial charge >= 0.3 is 6.18 Å². The lowest BCUT2D eigenvalue weighted by atomic mass is 9.82. The number of ether oxygens (including phenoxy) is 2. The summed E-state index contributed by atoms with van der Waals surface area (Å²) in [6, 6.07) is 9.45. The lowest BCUT2D eigenvalue weighted by Gasteiger charge is -2.38. The van der Waals surface area contributed by atoms with Crippen molar-refractivity contribution in [3.05, 3.63) is 65.2 Å². The molecule has 2 aromatic rings. The van der Waals surface area contributed by atoms with Gasteiger partial charge in [-0.15, -0.1) is 0 Å². The minimum absolute atomic E-state index is 0.0145. The van der Waals surface area contributed by atoms with Crippen molar-refractivity contribution in [2.75, 3.05) is 27.3 Å². The van der Waals surface area contributed by atoms with E-state index in [2.05, 4.69) is 6.58 Å². The molecular weight excluding hydrogens is 434 g/mol. The first-order chi connectivity index (χ1) is 15.6. The highest BCUT2D eigenvalue weighted by Crippen LogP contribution is 2.47. The molecule has 178 valence electrons. The van der Waals surface area contributed by atoms with Crippen molar-refractivity contribution in [3.63, 3.8) is 0 Å². The van der Waals surface area contributed by atoms with Crippen molar-refractivity contribution >= 4 is 5.57 Å². The molecule has 0 saturated carbocycles. The van der Waals surface area contributed by atoms with Crippen LogP contribution in [0.15, 0.2) is 43.0 Å². The van der Waals surface area contributed by atoms with Crippen LogP contribution in [0.3, 0.4) is 0 Å². The molecule has 0 aromatic heterocycles. The molecule has 1 aliphatic carbocycles. The van der Waals surface area contributed by atoms with Crippen LogP contribution in [0.4, 0.5) is 17.6 Å². The number of likely N-dealkylation sites (tertiary alicyclic amines) is 1. The topological polar surface area (TPSA) is 21.7 Å². The second kappa shape index (κ2) is 9.01. The molecule has 1 unspecified atom stereocenters. The third kappa shape index (κ3) is 4.88. The zero-order chi connectivity index (χ0) is 23.8. The summed E-state index contributed by atoms with van der Waals surface area (Å²) in [4.78, 5) is 1.91. The number of alkyl halides is 4. The quantitative estimate of drug-likeness (QED) is 0.469. The van der Waals surface area contributed by atoms with Crippen LogP contribution in [0.2, 0.25) is 0 Å². The van der Waals surface area contributed by atoms with E-state index in [0.717, 1.165) is 22.8 Å². The van der Waals surface area contributed by atoms with Crippen LogP contribution in [-0.2, 0) is 19.1 Å². The number of rotatable bonds is 6. The lowest BCUT2D eigenvalue weighted by molar-refractivity contribution is -0.138. The molecule has 4 rings (SSSR count). The highest BCUT2D eigenvalue weighted by molar-refractivity contribution is 5.75. The molecule has 7 heteroatoms. The Bertz CT molecular complexity index is 1030. The largest absolute Gasteiger partial charge is 0.493 e. The summed E-state index contributed by atoms with van der Waals surface area (Å²) < 4.78 is 66.5. The van der Waals surface area contributed by atoms with Crippen molar-refractivity contribution in [1.29, 1.82) is 0 Å². The normalized spacial score (nSPS) is 20.5. The van der Waals surface area contributed by atoms with Crippen LogP contribution in [0, 0.1) is 5.92 Å². The van der Waals surface area contributed by atoms with Crippen LogP contribution in [-0.4, -0.2) is 37.9 Å². The molecule has 0 amide bonds. The monoisotopic (exact) mass is 463 g/mol. The average molecular weight is 464 g/mol. The van der Waals surface area contributed by atoms with Gasteiger partial charge in [0.15, 0.2) is 11.5 Å². The Hall–Kier alpha value is -2.54. The van der Waals surface area contributed by atoms with Crippen molar-refractivity contribution in [1.82, 2.24) is 4.90 Å². The molecule has 1 heterocycles. The minimum Gasteiger partial charge on any atom is -0.493 e. The van der Waals surface area contributed by atoms with Gasteiger partial charge in [0.25, 0.3) is 0 Å².